The van der Waals surface area contributed by atoms with Crippen LogP contribution in [0.25, 0.3) is 0 Å². The highest BCUT2D eigenvalue weighted by Gasteiger charge is 2.01. The fourth-order valence-electron chi connectivity index (χ4n) is 1.65. The van der Waals surface area contributed by atoms with Crippen LogP contribution in [-0.4, -0.2) is 5.11 Å². The second-order valence-corrected chi connectivity index (χ2v) is 3.84. The third kappa shape index (κ3) is 2.91. The summed E-state index contributed by atoms with van der Waals surface area (Å²) in [6.45, 7) is 1.08. The van der Waals surface area contributed by atoms with Gasteiger partial charge in [-0.05, 0) is 11.1 Å². The summed E-state index contributed by atoms with van der Waals surface area (Å²) in [6.07, 6.45) is 5.05. The van der Waals surface area contributed by atoms with Gasteiger partial charge in [0.15, 0.2) is 18.9 Å². The van der Waals surface area contributed by atoms with E-state index in [1.165, 1.54) is 5.56 Å². The number of benzene rings is 1. The Morgan fingerprint density at radius 2 is 1.56 bits per heavy atom. The van der Waals surface area contributed by atoms with Gasteiger partial charge in [-0.2, -0.15) is 0 Å². The SMILES string of the molecule is OCc1cc[n+](CCc2ccccc2)cc1. The van der Waals surface area contributed by atoms with Gasteiger partial charge in [0.1, 0.15) is 0 Å². The first-order valence-corrected chi connectivity index (χ1v) is 5.51. The van der Waals surface area contributed by atoms with Crippen molar-refractivity contribution in [3.05, 3.63) is 66.0 Å². The van der Waals surface area contributed by atoms with Crippen molar-refractivity contribution in [2.24, 2.45) is 0 Å². The molecule has 2 heteroatoms. The molecule has 16 heavy (non-hydrogen) atoms. The molecule has 0 amide bonds. The first kappa shape index (κ1) is 10.8. The third-order valence-electron chi connectivity index (χ3n) is 2.64. The van der Waals surface area contributed by atoms with Gasteiger partial charge in [0.05, 0.1) is 6.61 Å². The Hall–Kier alpha value is -1.67. The first-order chi connectivity index (χ1) is 7.88. The zero-order chi connectivity index (χ0) is 11.2. The van der Waals surface area contributed by atoms with Crippen LogP contribution < -0.4 is 4.57 Å². The summed E-state index contributed by atoms with van der Waals surface area (Å²) in [7, 11) is 0. The predicted octanol–water partition coefficient (Wildman–Crippen LogP) is 1.71. The molecule has 0 saturated carbocycles. The van der Waals surface area contributed by atoms with Crippen molar-refractivity contribution in [1.29, 1.82) is 0 Å². The summed E-state index contributed by atoms with van der Waals surface area (Å²) in [6, 6.07) is 14.3. The molecule has 0 bridgehead atoms. The van der Waals surface area contributed by atoms with E-state index in [2.05, 4.69) is 28.8 Å². The van der Waals surface area contributed by atoms with E-state index in [1.54, 1.807) is 0 Å². The lowest BCUT2D eigenvalue weighted by molar-refractivity contribution is -0.696. The number of rotatable bonds is 4. The fraction of sp³-hybridized carbons (Fsp3) is 0.214. The van der Waals surface area contributed by atoms with Crippen LogP contribution in [0.2, 0.25) is 0 Å². The molecule has 0 aliphatic heterocycles. The number of aliphatic hydroxyl groups excluding tert-OH is 1. The van der Waals surface area contributed by atoms with Gasteiger partial charge < -0.3 is 5.11 Å². The molecule has 0 fully saturated rings. The molecule has 82 valence electrons. The van der Waals surface area contributed by atoms with E-state index < -0.39 is 0 Å². The minimum Gasteiger partial charge on any atom is -0.392 e. The van der Waals surface area contributed by atoms with Crippen LogP contribution >= 0.6 is 0 Å². The maximum atomic E-state index is 8.93. The van der Waals surface area contributed by atoms with E-state index in [9.17, 15) is 0 Å². The summed E-state index contributed by atoms with van der Waals surface area (Å²) in [4.78, 5) is 0. The average Bonchev–Trinajstić information content (AvgIpc) is 2.38. The molecule has 1 heterocycles. The Labute approximate surface area is 95.8 Å². The molecule has 2 nitrogen and oxygen atoms in total. The van der Waals surface area contributed by atoms with Crippen molar-refractivity contribution in [1.82, 2.24) is 0 Å². The molecule has 1 N–H and O–H groups in total. The summed E-state index contributed by atoms with van der Waals surface area (Å²) < 4.78 is 2.13. The maximum absolute atomic E-state index is 8.93. The van der Waals surface area contributed by atoms with E-state index in [4.69, 9.17) is 5.11 Å². The molecule has 0 aliphatic carbocycles. The van der Waals surface area contributed by atoms with Gasteiger partial charge in [-0.3, -0.25) is 0 Å². The molecule has 0 unspecified atom stereocenters. The van der Waals surface area contributed by atoms with Crippen LogP contribution in [0.1, 0.15) is 11.1 Å². The van der Waals surface area contributed by atoms with E-state index in [-0.39, 0.29) is 6.61 Å². The largest absolute Gasteiger partial charge is 0.392 e. The fourth-order valence-corrected chi connectivity index (χ4v) is 1.65. The number of hydrogen-bond donors (Lipinski definition) is 1. The zero-order valence-corrected chi connectivity index (χ0v) is 9.21. The standard InChI is InChI=1S/C14H16NO/c16-12-14-7-10-15(11-8-14)9-6-13-4-2-1-3-5-13/h1-5,7-8,10-11,16H,6,9,12H2/q+1. The van der Waals surface area contributed by atoms with Crippen LogP contribution in [-0.2, 0) is 19.6 Å². The second-order valence-electron chi connectivity index (χ2n) is 3.84. The van der Waals surface area contributed by atoms with E-state index in [1.807, 2.05) is 30.6 Å². The molecule has 1 aromatic heterocycles. The van der Waals surface area contributed by atoms with Crippen LogP contribution in [0.3, 0.4) is 0 Å². The summed E-state index contributed by atoms with van der Waals surface area (Å²) in [5.74, 6) is 0. The van der Waals surface area contributed by atoms with E-state index in [0.29, 0.717) is 0 Å². The highest BCUT2D eigenvalue weighted by molar-refractivity contribution is 5.14. The number of nitrogens with zero attached hydrogens (tertiary/aromatic N) is 1. The smallest absolute Gasteiger partial charge is 0.169 e. The highest BCUT2D eigenvalue weighted by Crippen LogP contribution is 1.99. The van der Waals surface area contributed by atoms with Crippen LogP contribution in [0.4, 0.5) is 0 Å². The normalized spacial score (nSPS) is 10.3. The lowest BCUT2D eigenvalue weighted by Crippen LogP contribution is -2.33. The van der Waals surface area contributed by atoms with Gasteiger partial charge in [0.25, 0.3) is 0 Å². The molecular weight excluding hydrogens is 198 g/mol. The minimum atomic E-state index is 0.111. The van der Waals surface area contributed by atoms with Gasteiger partial charge in [0, 0.05) is 18.6 Å². The third-order valence-corrected chi connectivity index (χ3v) is 2.64. The molecule has 2 rings (SSSR count). The highest BCUT2D eigenvalue weighted by atomic mass is 16.3. The molecule has 2 aromatic rings. The maximum Gasteiger partial charge on any atom is 0.169 e. The molecule has 0 saturated heterocycles. The molecule has 0 radical (unpaired) electrons. The Balaban J connectivity index is 1.94. The number of aromatic nitrogens is 1. The zero-order valence-electron chi connectivity index (χ0n) is 9.21. The number of hydrogen-bond acceptors (Lipinski definition) is 1. The van der Waals surface area contributed by atoms with Crippen LogP contribution in [0, 0.1) is 0 Å². The Morgan fingerprint density at radius 1 is 0.875 bits per heavy atom. The van der Waals surface area contributed by atoms with Crippen LogP contribution in [0.15, 0.2) is 54.9 Å². The first-order valence-electron chi connectivity index (χ1n) is 5.51. The van der Waals surface area contributed by atoms with Crippen molar-refractivity contribution in [2.45, 2.75) is 19.6 Å². The molecule has 0 aliphatic rings. The predicted molar refractivity (Wildman–Crippen MR) is 62.7 cm³/mol. The van der Waals surface area contributed by atoms with Gasteiger partial charge in [0.2, 0.25) is 0 Å². The lowest BCUT2D eigenvalue weighted by atomic mass is 10.1. The topological polar surface area (TPSA) is 24.1 Å². The van der Waals surface area contributed by atoms with Gasteiger partial charge in [-0.25, -0.2) is 4.57 Å². The van der Waals surface area contributed by atoms with Crippen molar-refractivity contribution in [3.8, 4) is 0 Å². The lowest BCUT2D eigenvalue weighted by Gasteiger charge is -1.99. The Bertz CT molecular complexity index is 422. The molecule has 0 spiro atoms. The quantitative estimate of drug-likeness (QED) is 0.770. The summed E-state index contributed by atoms with van der Waals surface area (Å²) in [5.41, 5.74) is 2.30. The van der Waals surface area contributed by atoms with Crippen molar-refractivity contribution in [2.75, 3.05) is 0 Å². The Morgan fingerprint density at radius 3 is 2.19 bits per heavy atom. The number of pyridine rings is 1. The number of aliphatic hydroxyl groups is 1. The van der Waals surface area contributed by atoms with Crippen LogP contribution in [0.5, 0.6) is 0 Å². The van der Waals surface area contributed by atoms with Gasteiger partial charge >= 0.3 is 0 Å². The Kier molecular flexibility index (Phi) is 3.67. The van der Waals surface area contributed by atoms with Crippen molar-refractivity contribution >= 4 is 0 Å². The monoisotopic (exact) mass is 214 g/mol. The average molecular weight is 214 g/mol. The summed E-state index contributed by atoms with van der Waals surface area (Å²) in [5, 5.41) is 8.93. The molecule has 0 atom stereocenters. The second kappa shape index (κ2) is 5.42. The molecule has 1 aromatic carbocycles. The number of aryl methyl sites for hydroxylation is 2. The van der Waals surface area contributed by atoms with Crippen molar-refractivity contribution < 1.29 is 9.67 Å². The summed E-state index contributed by atoms with van der Waals surface area (Å²) >= 11 is 0. The van der Waals surface area contributed by atoms with E-state index >= 15 is 0 Å². The van der Waals surface area contributed by atoms with Gasteiger partial charge in [-0.15, -0.1) is 0 Å². The van der Waals surface area contributed by atoms with Crippen molar-refractivity contribution in [3.63, 3.8) is 0 Å². The minimum absolute atomic E-state index is 0.111. The van der Waals surface area contributed by atoms with E-state index in [0.717, 1.165) is 18.5 Å². The molecular formula is C14H16NO+. The van der Waals surface area contributed by atoms with Gasteiger partial charge in [-0.1, -0.05) is 30.3 Å².